The molecule has 0 bridgehead atoms. The highest BCUT2D eigenvalue weighted by Gasteiger charge is 2.25. The Bertz CT molecular complexity index is 427. The Kier molecular flexibility index (Phi) is 3.91. The summed E-state index contributed by atoms with van der Waals surface area (Å²) >= 11 is 0. The van der Waals surface area contributed by atoms with Crippen molar-refractivity contribution < 1.29 is 9.50 Å². The molecule has 1 saturated carbocycles. The molecule has 0 amide bonds. The molecule has 0 aromatic heterocycles. The number of nitrogens with zero attached hydrogens (tertiary/aromatic N) is 1. The van der Waals surface area contributed by atoms with Crippen LogP contribution in [0.4, 0.5) is 10.1 Å². The van der Waals surface area contributed by atoms with Crippen molar-refractivity contribution in [2.75, 3.05) is 18.0 Å². The Morgan fingerprint density at radius 3 is 2.61 bits per heavy atom. The third kappa shape index (κ3) is 2.83. The van der Waals surface area contributed by atoms with Crippen LogP contribution in [0.25, 0.3) is 0 Å². The number of benzene rings is 1. The van der Waals surface area contributed by atoms with Gasteiger partial charge in [-0.05, 0) is 57.2 Å². The first-order valence-corrected chi connectivity index (χ1v) is 6.76. The second-order valence-corrected chi connectivity index (χ2v) is 5.32. The van der Waals surface area contributed by atoms with Gasteiger partial charge in [-0.2, -0.15) is 0 Å². The van der Waals surface area contributed by atoms with E-state index in [-0.39, 0.29) is 5.82 Å². The lowest BCUT2D eigenvalue weighted by Gasteiger charge is -2.27. The minimum absolute atomic E-state index is 0.239. The lowest BCUT2D eigenvalue weighted by molar-refractivity contribution is 0.199. The van der Waals surface area contributed by atoms with E-state index in [4.69, 9.17) is 0 Å². The fourth-order valence-corrected chi connectivity index (χ4v) is 2.30. The smallest absolute Gasteiger partial charge is 0.126 e. The quantitative estimate of drug-likeness (QED) is 0.866. The molecule has 3 heteroatoms. The summed E-state index contributed by atoms with van der Waals surface area (Å²) < 4.78 is 13.6. The number of aryl methyl sites for hydroxylation is 1. The number of aliphatic hydroxyl groups excluding tert-OH is 1. The van der Waals surface area contributed by atoms with Crippen molar-refractivity contribution in [1.82, 2.24) is 0 Å². The zero-order chi connectivity index (χ0) is 13.3. The Labute approximate surface area is 108 Å². The third-order valence-corrected chi connectivity index (χ3v) is 3.66. The highest BCUT2D eigenvalue weighted by atomic mass is 19.1. The van der Waals surface area contributed by atoms with Crippen LogP contribution < -0.4 is 4.90 Å². The lowest BCUT2D eigenvalue weighted by atomic mass is 10.0. The maximum absolute atomic E-state index is 13.6. The van der Waals surface area contributed by atoms with E-state index in [0.29, 0.717) is 11.1 Å². The van der Waals surface area contributed by atoms with E-state index in [1.165, 1.54) is 18.9 Å². The van der Waals surface area contributed by atoms with E-state index in [1.54, 1.807) is 13.8 Å². The molecular weight excluding hydrogens is 229 g/mol. The van der Waals surface area contributed by atoms with Gasteiger partial charge in [0.2, 0.25) is 0 Å². The van der Waals surface area contributed by atoms with Gasteiger partial charge in [0, 0.05) is 24.3 Å². The normalized spacial score (nSPS) is 16.7. The van der Waals surface area contributed by atoms with Crippen molar-refractivity contribution in [3.8, 4) is 0 Å². The van der Waals surface area contributed by atoms with Crippen LogP contribution in [-0.2, 0) is 0 Å². The fraction of sp³-hybridized carbons (Fsp3) is 0.600. The predicted octanol–water partition coefficient (Wildman–Crippen LogP) is 3.42. The average molecular weight is 251 g/mol. The van der Waals surface area contributed by atoms with Crippen molar-refractivity contribution in [3.63, 3.8) is 0 Å². The maximum atomic E-state index is 13.6. The van der Waals surface area contributed by atoms with Crippen LogP contribution in [0.5, 0.6) is 0 Å². The average Bonchev–Trinajstić information content (AvgIpc) is 3.13. The molecule has 0 aliphatic heterocycles. The SMILES string of the molecule is CCN(CC1CC1)c1cc(C)c(F)cc1[C@@H](C)O. The molecule has 2 rings (SSSR count). The summed E-state index contributed by atoms with van der Waals surface area (Å²) in [5.41, 5.74) is 2.32. The molecule has 1 aliphatic carbocycles. The van der Waals surface area contributed by atoms with Gasteiger partial charge in [-0.15, -0.1) is 0 Å². The molecule has 0 unspecified atom stereocenters. The van der Waals surface area contributed by atoms with E-state index in [1.807, 2.05) is 6.07 Å². The lowest BCUT2D eigenvalue weighted by Crippen LogP contribution is -2.27. The molecule has 1 aromatic carbocycles. The maximum Gasteiger partial charge on any atom is 0.126 e. The van der Waals surface area contributed by atoms with Gasteiger partial charge < -0.3 is 10.0 Å². The molecule has 1 aliphatic rings. The molecule has 0 spiro atoms. The number of anilines is 1. The zero-order valence-electron chi connectivity index (χ0n) is 11.4. The van der Waals surface area contributed by atoms with Gasteiger partial charge in [-0.3, -0.25) is 0 Å². The van der Waals surface area contributed by atoms with E-state index >= 15 is 0 Å². The molecule has 2 nitrogen and oxygen atoms in total. The van der Waals surface area contributed by atoms with Crippen LogP contribution in [0.15, 0.2) is 12.1 Å². The van der Waals surface area contributed by atoms with Crippen molar-refractivity contribution in [2.24, 2.45) is 5.92 Å². The molecule has 0 heterocycles. The summed E-state index contributed by atoms with van der Waals surface area (Å²) in [6, 6.07) is 3.34. The summed E-state index contributed by atoms with van der Waals surface area (Å²) in [6.45, 7) is 7.48. The Morgan fingerprint density at radius 1 is 1.44 bits per heavy atom. The Balaban J connectivity index is 2.35. The standard InChI is InChI=1S/C15H22FNO/c1-4-17(9-12-5-6-12)15-7-10(2)14(16)8-13(15)11(3)18/h7-8,11-12,18H,4-6,9H2,1-3H3/t11-/m1/s1. The number of rotatable bonds is 5. The topological polar surface area (TPSA) is 23.5 Å². The summed E-state index contributed by atoms with van der Waals surface area (Å²) in [7, 11) is 0. The van der Waals surface area contributed by atoms with Crippen LogP contribution in [0, 0.1) is 18.7 Å². The number of hydrogen-bond donors (Lipinski definition) is 1. The summed E-state index contributed by atoms with van der Waals surface area (Å²) in [4.78, 5) is 2.26. The summed E-state index contributed by atoms with van der Waals surface area (Å²) in [5.74, 6) is 0.536. The fourth-order valence-electron chi connectivity index (χ4n) is 2.30. The minimum Gasteiger partial charge on any atom is -0.389 e. The molecule has 1 atom stereocenters. The molecule has 1 aromatic rings. The monoisotopic (exact) mass is 251 g/mol. The molecular formula is C15H22FNO. The van der Waals surface area contributed by atoms with Crippen molar-refractivity contribution in [1.29, 1.82) is 0 Å². The van der Waals surface area contributed by atoms with Crippen LogP contribution in [-0.4, -0.2) is 18.2 Å². The van der Waals surface area contributed by atoms with Crippen LogP contribution in [0.1, 0.15) is 43.9 Å². The van der Waals surface area contributed by atoms with Crippen LogP contribution in [0.3, 0.4) is 0 Å². The molecule has 1 N–H and O–H groups in total. The second kappa shape index (κ2) is 5.27. The van der Waals surface area contributed by atoms with Gasteiger partial charge in [-0.25, -0.2) is 4.39 Å². The van der Waals surface area contributed by atoms with Gasteiger partial charge >= 0.3 is 0 Å². The number of halogens is 1. The first-order chi connectivity index (χ1) is 8.52. The molecule has 100 valence electrons. The van der Waals surface area contributed by atoms with Gasteiger partial charge in [0.1, 0.15) is 5.82 Å². The van der Waals surface area contributed by atoms with E-state index in [9.17, 15) is 9.50 Å². The molecule has 0 saturated heterocycles. The van der Waals surface area contributed by atoms with Gasteiger partial charge in [0.05, 0.1) is 6.10 Å². The number of aliphatic hydroxyl groups is 1. The van der Waals surface area contributed by atoms with Gasteiger partial charge in [0.25, 0.3) is 0 Å². The van der Waals surface area contributed by atoms with Crippen LogP contribution >= 0.6 is 0 Å². The number of hydrogen-bond acceptors (Lipinski definition) is 2. The Morgan fingerprint density at radius 2 is 2.11 bits per heavy atom. The largest absolute Gasteiger partial charge is 0.389 e. The highest BCUT2D eigenvalue weighted by molar-refractivity contribution is 5.57. The van der Waals surface area contributed by atoms with Crippen molar-refractivity contribution in [3.05, 3.63) is 29.1 Å². The highest BCUT2D eigenvalue weighted by Crippen LogP contribution is 2.34. The molecule has 0 radical (unpaired) electrons. The Hall–Kier alpha value is -1.09. The van der Waals surface area contributed by atoms with E-state index < -0.39 is 6.10 Å². The molecule has 1 fully saturated rings. The van der Waals surface area contributed by atoms with Crippen LogP contribution in [0.2, 0.25) is 0 Å². The second-order valence-electron chi connectivity index (χ2n) is 5.32. The minimum atomic E-state index is -0.636. The van der Waals surface area contributed by atoms with E-state index in [0.717, 1.165) is 24.7 Å². The van der Waals surface area contributed by atoms with Gasteiger partial charge in [0.15, 0.2) is 0 Å². The summed E-state index contributed by atoms with van der Waals surface area (Å²) in [6.07, 6.45) is 1.95. The third-order valence-electron chi connectivity index (χ3n) is 3.66. The first-order valence-electron chi connectivity index (χ1n) is 6.76. The first kappa shape index (κ1) is 13.3. The van der Waals surface area contributed by atoms with E-state index in [2.05, 4.69) is 11.8 Å². The predicted molar refractivity (Wildman–Crippen MR) is 72.4 cm³/mol. The van der Waals surface area contributed by atoms with Crippen molar-refractivity contribution >= 4 is 5.69 Å². The van der Waals surface area contributed by atoms with Crippen molar-refractivity contribution in [2.45, 2.75) is 39.7 Å². The van der Waals surface area contributed by atoms with Gasteiger partial charge in [-0.1, -0.05) is 0 Å². The summed E-state index contributed by atoms with van der Waals surface area (Å²) in [5, 5.41) is 9.82. The zero-order valence-corrected chi connectivity index (χ0v) is 11.4. The molecule has 18 heavy (non-hydrogen) atoms.